The number of hydrogen-bond acceptors (Lipinski definition) is 2. The predicted molar refractivity (Wildman–Crippen MR) is 70.5 cm³/mol. The van der Waals surface area contributed by atoms with E-state index >= 15 is 0 Å². The van der Waals surface area contributed by atoms with Gasteiger partial charge in [-0.25, -0.2) is 0 Å². The van der Waals surface area contributed by atoms with Crippen molar-refractivity contribution in [1.29, 1.82) is 0 Å². The minimum Gasteiger partial charge on any atom is -0.340 e. The molecule has 0 saturated carbocycles. The topological polar surface area (TPSA) is 46.3 Å². The van der Waals surface area contributed by atoms with Crippen molar-refractivity contribution in [1.82, 2.24) is 4.90 Å². The Hall–Kier alpha value is -1.35. The molecular formula is C14H22N2O. The monoisotopic (exact) mass is 234 g/mol. The average molecular weight is 234 g/mol. The number of aryl methyl sites for hydroxylation is 1. The van der Waals surface area contributed by atoms with E-state index in [1.807, 2.05) is 32.2 Å². The van der Waals surface area contributed by atoms with Crippen LogP contribution in [0.4, 0.5) is 0 Å². The molecule has 0 aliphatic carbocycles. The lowest BCUT2D eigenvalue weighted by molar-refractivity contribution is -0.132. The fourth-order valence-corrected chi connectivity index (χ4v) is 1.84. The van der Waals surface area contributed by atoms with Gasteiger partial charge in [0.05, 0.1) is 6.04 Å². The van der Waals surface area contributed by atoms with Crippen LogP contribution in [-0.4, -0.2) is 23.9 Å². The minimum atomic E-state index is -0.367. The molecular weight excluding hydrogens is 212 g/mol. The summed E-state index contributed by atoms with van der Waals surface area (Å²) in [7, 11) is 1.81. The molecule has 1 amide bonds. The van der Waals surface area contributed by atoms with Crippen LogP contribution < -0.4 is 5.73 Å². The summed E-state index contributed by atoms with van der Waals surface area (Å²) in [5.41, 5.74) is 8.21. The summed E-state index contributed by atoms with van der Waals surface area (Å²) >= 11 is 0. The number of nitrogens with two attached hydrogens (primary N) is 1. The number of rotatable bonds is 5. The largest absolute Gasteiger partial charge is 0.340 e. The van der Waals surface area contributed by atoms with Crippen molar-refractivity contribution in [2.75, 3.05) is 7.05 Å². The number of hydrogen-bond donors (Lipinski definition) is 1. The van der Waals surface area contributed by atoms with Gasteiger partial charge in [0, 0.05) is 13.6 Å². The quantitative estimate of drug-likeness (QED) is 0.848. The van der Waals surface area contributed by atoms with E-state index in [-0.39, 0.29) is 11.9 Å². The Morgan fingerprint density at radius 2 is 2.06 bits per heavy atom. The highest BCUT2D eigenvalue weighted by Crippen LogP contribution is 2.10. The summed E-state index contributed by atoms with van der Waals surface area (Å²) in [6.45, 7) is 4.72. The van der Waals surface area contributed by atoms with Crippen molar-refractivity contribution in [2.45, 2.75) is 39.3 Å². The molecule has 0 heterocycles. The fourth-order valence-electron chi connectivity index (χ4n) is 1.84. The van der Waals surface area contributed by atoms with E-state index in [0.29, 0.717) is 6.54 Å². The van der Waals surface area contributed by atoms with E-state index in [1.54, 1.807) is 4.90 Å². The molecule has 0 aliphatic heterocycles. The third kappa shape index (κ3) is 3.86. The van der Waals surface area contributed by atoms with Crippen molar-refractivity contribution in [2.24, 2.45) is 5.73 Å². The number of carbonyl (C=O) groups excluding carboxylic acids is 1. The lowest BCUT2D eigenvalue weighted by Gasteiger charge is -2.22. The zero-order valence-electron chi connectivity index (χ0n) is 10.9. The maximum atomic E-state index is 11.9. The third-order valence-electron chi connectivity index (χ3n) is 2.96. The summed E-state index contributed by atoms with van der Waals surface area (Å²) < 4.78 is 0. The van der Waals surface area contributed by atoms with Crippen molar-refractivity contribution >= 4 is 5.91 Å². The average Bonchev–Trinajstić information content (AvgIpc) is 2.31. The fraction of sp³-hybridized carbons (Fsp3) is 0.500. The molecule has 1 rings (SSSR count). The first-order valence-corrected chi connectivity index (χ1v) is 6.11. The Bertz CT molecular complexity index is 376. The molecule has 0 bridgehead atoms. The molecule has 94 valence electrons. The molecule has 0 radical (unpaired) electrons. The molecule has 0 saturated heterocycles. The molecule has 3 nitrogen and oxygen atoms in total. The van der Waals surface area contributed by atoms with E-state index in [9.17, 15) is 4.79 Å². The van der Waals surface area contributed by atoms with E-state index in [4.69, 9.17) is 5.73 Å². The number of nitrogens with zero attached hydrogens (tertiary/aromatic N) is 1. The van der Waals surface area contributed by atoms with Gasteiger partial charge >= 0.3 is 0 Å². The summed E-state index contributed by atoms with van der Waals surface area (Å²) in [5, 5.41) is 0. The van der Waals surface area contributed by atoms with Gasteiger partial charge in [-0.05, 0) is 24.5 Å². The van der Waals surface area contributed by atoms with Gasteiger partial charge in [0.2, 0.25) is 5.91 Å². The number of carbonyl (C=O) groups is 1. The highest BCUT2D eigenvalue weighted by Gasteiger charge is 2.17. The van der Waals surface area contributed by atoms with Crippen molar-refractivity contribution in [3.8, 4) is 0 Å². The number of amides is 1. The Morgan fingerprint density at radius 3 is 2.65 bits per heavy atom. The Kier molecular flexibility index (Phi) is 5.16. The Balaban J connectivity index is 2.63. The van der Waals surface area contributed by atoms with Gasteiger partial charge in [0.15, 0.2) is 0 Å². The lowest BCUT2D eigenvalue weighted by Crippen LogP contribution is -2.41. The second-order valence-electron chi connectivity index (χ2n) is 4.52. The maximum absolute atomic E-state index is 11.9. The highest BCUT2D eigenvalue weighted by atomic mass is 16.2. The third-order valence-corrected chi connectivity index (χ3v) is 2.96. The van der Waals surface area contributed by atoms with Crippen LogP contribution in [0.5, 0.6) is 0 Å². The van der Waals surface area contributed by atoms with E-state index in [1.165, 1.54) is 11.1 Å². The van der Waals surface area contributed by atoms with Gasteiger partial charge in [0.25, 0.3) is 0 Å². The van der Waals surface area contributed by atoms with Gasteiger partial charge in [0.1, 0.15) is 0 Å². The van der Waals surface area contributed by atoms with Crippen LogP contribution in [0.15, 0.2) is 24.3 Å². The molecule has 0 fully saturated rings. The van der Waals surface area contributed by atoms with Crippen LogP contribution in [0.25, 0.3) is 0 Å². The van der Waals surface area contributed by atoms with Gasteiger partial charge < -0.3 is 10.6 Å². The molecule has 1 unspecified atom stereocenters. The van der Waals surface area contributed by atoms with E-state index < -0.39 is 0 Å². The SMILES string of the molecule is CCCC(N)C(=O)N(C)Cc1ccccc1C. The minimum absolute atomic E-state index is 0.0232. The Labute approximate surface area is 104 Å². The van der Waals surface area contributed by atoms with Gasteiger partial charge in [-0.1, -0.05) is 37.6 Å². The van der Waals surface area contributed by atoms with Gasteiger partial charge in [-0.2, -0.15) is 0 Å². The van der Waals surface area contributed by atoms with Crippen LogP contribution in [0, 0.1) is 6.92 Å². The number of likely N-dealkylation sites (N-methyl/N-ethyl adjacent to an activating group) is 1. The molecule has 1 aromatic rings. The first kappa shape index (κ1) is 13.7. The van der Waals surface area contributed by atoms with Crippen LogP contribution in [0.2, 0.25) is 0 Å². The predicted octanol–water partition coefficient (Wildman–Crippen LogP) is 2.08. The molecule has 0 aromatic heterocycles. The Morgan fingerprint density at radius 1 is 1.41 bits per heavy atom. The summed E-state index contributed by atoms with van der Waals surface area (Å²) in [6, 6.07) is 7.73. The van der Waals surface area contributed by atoms with Gasteiger partial charge in [-0.3, -0.25) is 4.79 Å². The standard InChI is InChI=1S/C14H22N2O/c1-4-7-13(15)14(17)16(3)10-12-9-6-5-8-11(12)2/h5-6,8-9,13H,4,7,10,15H2,1-3H3. The first-order chi connectivity index (χ1) is 8.06. The zero-order valence-corrected chi connectivity index (χ0v) is 10.9. The lowest BCUT2D eigenvalue weighted by atomic mass is 10.1. The second-order valence-corrected chi connectivity index (χ2v) is 4.52. The van der Waals surface area contributed by atoms with Crippen LogP contribution >= 0.6 is 0 Å². The molecule has 0 aliphatic rings. The molecule has 3 heteroatoms. The normalized spacial score (nSPS) is 12.2. The van der Waals surface area contributed by atoms with Crippen LogP contribution in [0.1, 0.15) is 30.9 Å². The summed E-state index contributed by atoms with van der Waals surface area (Å²) in [5.74, 6) is 0.0232. The van der Waals surface area contributed by atoms with Crippen molar-refractivity contribution < 1.29 is 4.79 Å². The van der Waals surface area contributed by atoms with E-state index in [2.05, 4.69) is 13.0 Å². The highest BCUT2D eigenvalue weighted by molar-refractivity contribution is 5.81. The van der Waals surface area contributed by atoms with Crippen molar-refractivity contribution in [3.05, 3.63) is 35.4 Å². The van der Waals surface area contributed by atoms with Gasteiger partial charge in [-0.15, -0.1) is 0 Å². The summed E-state index contributed by atoms with van der Waals surface area (Å²) in [6.07, 6.45) is 1.68. The van der Waals surface area contributed by atoms with Crippen LogP contribution in [-0.2, 0) is 11.3 Å². The molecule has 1 atom stereocenters. The van der Waals surface area contributed by atoms with E-state index in [0.717, 1.165) is 12.8 Å². The maximum Gasteiger partial charge on any atom is 0.239 e. The van der Waals surface area contributed by atoms with Crippen molar-refractivity contribution in [3.63, 3.8) is 0 Å². The molecule has 1 aromatic carbocycles. The number of benzene rings is 1. The molecule has 17 heavy (non-hydrogen) atoms. The smallest absolute Gasteiger partial charge is 0.239 e. The second kappa shape index (κ2) is 6.40. The molecule has 2 N–H and O–H groups in total. The first-order valence-electron chi connectivity index (χ1n) is 6.11. The van der Waals surface area contributed by atoms with Crippen LogP contribution in [0.3, 0.4) is 0 Å². The molecule has 0 spiro atoms. The zero-order chi connectivity index (χ0) is 12.8. The summed E-state index contributed by atoms with van der Waals surface area (Å²) in [4.78, 5) is 13.7.